The van der Waals surface area contributed by atoms with Gasteiger partial charge in [0.2, 0.25) is 0 Å². The van der Waals surface area contributed by atoms with Gasteiger partial charge in [0, 0.05) is 29.1 Å². The van der Waals surface area contributed by atoms with Crippen molar-refractivity contribution < 1.29 is 4.74 Å². The summed E-state index contributed by atoms with van der Waals surface area (Å²) in [7, 11) is 3.77. The highest BCUT2D eigenvalue weighted by Crippen LogP contribution is 2.38. The van der Waals surface area contributed by atoms with Gasteiger partial charge in [0.15, 0.2) is 0 Å². The van der Waals surface area contributed by atoms with Crippen LogP contribution in [0.4, 0.5) is 0 Å². The average molecular weight is 258 g/mol. The van der Waals surface area contributed by atoms with Gasteiger partial charge in [-0.05, 0) is 56.5 Å². The number of fused-ring (bicyclic) bond motifs is 3. The number of benzene rings is 1. The zero-order valence-corrected chi connectivity index (χ0v) is 12.0. The van der Waals surface area contributed by atoms with Gasteiger partial charge in [0.1, 0.15) is 5.75 Å². The summed E-state index contributed by atoms with van der Waals surface area (Å²) in [6, 6.07) is 4.29. The van der Waals surface area contributed by atoms with Gasteiger partial charge < -0.3 is 15.0 Å². The SMILES string of the molecule is CNCC1CCCc2c1[nH]c1c(C)cc(OC)cc21. The first-order valence-electron chi connectivity index (χ1n) is 7.08. The number of aromatic nitrogens is 1. The van der Waals surface area contributed by atoms with Crippen LogP contribution in [0.2, 0.25) is 0 Å². The summed E-state index contributed by atoms with van der Waals surface area (Å²) in [4.78, 5) is 3.67. The van der Waals surface area contributed by atoms with Crippen molar-refractivity contribution in [3.05, 3.63) is 29.0 Å². The van der Waals surface area contributed by atoms with Crippen LogP contribution in [0.1, 0.15) is 35.6 Å². The second-order valence-corrected chi connectivity index (χ2v) is 5.53. The number of hydrogen-bond acceptors (Lipinski definition) is 2. The summed E-state index contributed by atoms with van der Waals surface area (Å²) >= 11 is 0. The third-order valence-corrected chi connectivity index (χ3v) is 4.29. The van der Waals surface area contributed by atoms with Crippen LogP contribution < -0.4 is 10.1 Å². The molecule has 0 saturated heterocycles. The number of methoxy groups -OCH3 is 1. The lowest BCUT2D eigenvalue weighted by molar-refractivity contribution is 0.415. The Morgan fingerprint density at radius 2 is 2.26 bits per heavy atom. The molecule has 2 N–H and O–H groups in total. The van der Waals surface area contributed by atoms with Crippen LogP contribution in [0.15, 0.2) is 12.1 Å². The Bertz CT molecular complexity index is 600. The molecule has 0 saturated carbocycles. The largest absolute Gasteiger partial charge is 0.497 e. The van der Waals surface area contributed by atoms with E-state index in [1.54, 1.807) is 7.11 Å². The molecule has 1 heterocycles. The van der Waals surface area contributed by atoms with E-state index in [1.807, 2.05) is 7.05 Å². The zero-order chi connectivity index (χ0) is 13.4. The van der Waals surface area contributed by atoms with Crippen LogP contribution in [0.25, 0.3) is 10.9 Å². The summed E-state index contributed by atoms with van der Waals surface area (Å²) in [5.74, 6) is 1.58. The van der Waals surface area contributed by atoms with Crippen LogP contribution in [-0.2, 0) is 6.42 Å². The lowest BCUT2D eigenvalue weighted by Crippen LogP contribution is -2.21. The molecule has 1 aliphatic rings. The van der Waals surface area contributed by atoms with Crippen molar-refractivity contribution in [1.29, 1.82) is 0 Å². The number of H-pyrrole nitrogens is 1. The highest BCUT2D eigenvalue weighted by atomic mass is 16.5. The van der Waals surface area contributed by atoms with Crippen LogP contribution in [0.5, 0.6) is 5.75 Å². The van der Waals surface area contributed by atoms with Crippen LogP contribution in [0.3, 0.4) is 0 Å². The van der Waals surface area contributed by atoms with Gasteiger partial charge in [0.25, 0.3) is 0 Å². The predicted molar refractivity (Wildman–Crippen MR) is 79.2 cm³/mol. The smallest absolute Gasteiger partial charge is 0.119 e. The third kappa shape index (κ3) is 2.02. The molecule has 19 heavy (non-hydrogen) atoms. The molecule has 0 radical (unpaired) electrons. The lowest BCUT2D eigenvalue weighted by atomic mass is 9.86. The standard InChI is InChI=1S/C16H22N2O/c1-10-7-12(19-3)8-14-13-6-4-5-11(9-17-2)16(13)18-15(10)14/h7-8,11,17-18H,4-6,9H2,1-3H3. The molecule has 0 bridgehead atoms. The highest BCUT2D eigenvalue weighted by Gasteiger charge is 2.24. The predicted octanol–water partition coefficient (Wildman–Crippen LogP) is 3.12. The maximum absolute atomic E-state index is 5.41. The van der Waals surface area contributed by atoms with Crippen molar-refractivity contribution in [2.75, 3.05) is 20.7 Å². The summed E-state index contributed by atoms with van der Waals surface area (Å²) in [6.45, 7) is 3.20. The molecule has 3 rings (SSSR count). The topological polar surface area (TPSA) is 37.0 Å². The molecule has 3 heteroatoms. The molecule has 102 valence electrons. The first kappa shape index (κ1) is 12.5. The Kier molecular flexibility index (Phi) is 3.23. The van der Waals surface area contributed by atoms with Crippen LogP contribution in [0, 0.1) is 6.92 Å². The summed E-state index contributed by atoms with van der Waals surface area (Å²) in [5, 5.41) is 4.67. The lowest BCUT2D eigenvalue weighted by Gasteiger charge is -2.22. The molecule has 0 amide bonds. The van der Waals surface area contributed by atoms with E-state index in [0.717, 1.165) is 12.3 Å². The van der Waals surface area contributed by atoms with Gasteiger partial charge in [-0.25, -0.2) is 0 Å². The average Bonchev–Trinajstić information content (AvgIpc) is 2.79. The Labute approximate surface area is 114 Å². The number of ether oxygens (including phenoxy) is 1. The fourth-order valence-electron chi connectivity index (χ4n) is 3.37. The van der Waals surface area contributed by atoms with E-state index in [9.17, 15) is 0 Å². The highest BCUT2D eigenvalue weighted by molar-refractivity contribution is 5.89. The second-order valence-electron chi connectivity index (χ2n) is 5.53. The third-order valence-electron chi connectivity index (χ3n) is 4.29. The van der Waals surface area contributed by atoms with Crippen molar-refractivity contribution in [3.63, 3.8) is 0 Å². The maximum Gasteiger partial charge on any atom is 0.119 e. The minimum absolute atomic E-state index is 0.617. The Balaban J connectivity index is 2.18. The van der Waals surface area contributed by atoms with Crippen molar-refractivity contribution in [2.45, 2.75) is 32.1 Å². The summed E-state index contributed by atoms with van der Waals surface area (Å²) in [6.07, 6.45) is 3.74. The number of aryl methyl sites for hydroxylation is 2. The number of rotatable bonds is 3. The van der Waals surface area contributed by atoms with Gasteiger partial charge in [-0.3, -0.25) is 0 Å². The van der Waals surface area contributed by atoms with Gasteiger partial charge in [-0.15, -0.1) is 0 Å². The minimum atomic E-state index is 0.617. The fourth-order valence-corrected chi connectivity index (χ4v) is 3.37. The summed E-state index contributed by atoms with van der Waals surface area (Å²) in [5.41, 5.74) is 5.50. The van der Waals surface area contributed by atoms with E-state index in [2.05, 4.69) is 29.4 Å². The molecule has 1 aromatic heterocycles. The van der Waals surface area contributed by atoms with E-state index in [-0.39, 0.29) is 0 Å². The van der Waals surface area contributed by atoms with Crippen LogP contribution >= 0.6 is 0 Å². The van der Waals surface area contributed by atoms with Crippen molar-refractivity contribution in [1.82, 2.24) is 10.3 Å². The van der Waals surface area contributed by atoms with Gasteiger partial charge in [-0.2, -0.15) is 0 Å². The molecule has 0 spiro atoms. The Morgan fingerprint density at radius 3 is 3.00 bits per heavy atom. The zero-order valence-electron chi connectivity index (χ0n) is 12.0. The van der Waals surface area contributed by atoms with E-state index in [1.165, 1.54) is 47.0 Å². The normalized spacial score (nSPS) is 18.6. The van der Waals surface area contributed by atoms with E-state index < -0.39 is 0 Å². The van der Waals surface area contributed by atoms with E-state index in [0.29, 0.717) is 5.92 Å². The molecule has 1 aliphatic carbocycles. The molecule has 0 fully saturated rings. The number of aromatic amines is 1. The number of hydrogen-bond donors (Lipinski definition) is 2. The molecular formula is C16H22N2O. The number of likely N-dealkylation sites (N-methyl/N-ethyl adjacent to an activating group) is 1. The van der Waals surface area contributed by atoms with Gasteiger partial charge in [-0.1, -0.05) is 0 Å². The number of nitrogens with one attached hydrogen (secondary N) is 2. The summed E-state index contributed by atoms with van der Waals surface area (Å²) < 4.78 is 5.41. The van der Waals surface area contributed by atoms with E-state index in [4.69, 9.17) is 4.74 Å². The molecule has 3 nitrogen and oxygen atoms in total. The maximum atomic E-state index is 5.41. The molecule has 0 aliphatic heterocycles. The van der Waals surface area contributed by atoms with Crippen LogP contribution in [-0.4, -0.2) is 25.7 Å². The first-order valence-corrected chi connectivity index (χ1v) is 7.08. The second kappa shape index (κ2) is 4.89. The van der Waals surface area contributed by atoms with Crippen molar-refractivity contribution >= 4 is 10.9 Å². The molecule has 2 aromatic rings. The quantitative estimate of drug-likeness (QED) is 0.887. The Morgan fingerprint density at radius 1 is 1.42 bits per heavy atom. The molecule has 1 aromatic carbocycles. The molecular weight excluding hydrogens is 236 g/mol. The monoisotopic (exact) mass is 258 g/mol. The molecule has 1 unspecified atom stereocenters. The van der Waals surface area contributed by atoms with E-state index >= 15 is 0 Å². The van der Waals surface area contributed by atoms with Gasteiger partial charge >= 0.3 is 0 Å². The fraction of sp³-hybridized carbons (Fsp3) is 0.500. The Hall–Kier alpha value is -1.48. The van der Waals surface area contributed by atoms with Crippen molar-refractivity contribution in [2.24, 2.45) is 0 Å². The minimum Gasteiger partial charge on any atom is -0.497 e. The van der Waals surface area contributed by atoms with Gasteiger partial charge in [0.05, 0.1) is 7.11 Å². The first-order chi connectivity index (χ1) is 9.24. The molecule has 1 atom stereocenters. The van der Waals surface area contributed by atoms with Crippen molar-refractivity contribution in [3.8, 4) is 5.75 Å².